The van der Waals surface area contributed by atoms with Crippen LogP contribution in [0.15, 0.2) is 35.3 Å². The molecule has 0 aliphatic carbocycles. The Morgan fingerprint density at radius 3 is 2.67 bits per heavy atom. The van der Waals surface area contributed by atoms with Crippen molar-refractivity contribution in [3.63, 3.8) is 0 Å². The zero-order valence-corrected chi connectivity index (χ0v) is 15.2. The highest BCUT2D eigenvalue weighted by Crippen LogP contribution is 2.04. The predicted octanol–water partition coefficient (Wildman–Crippen LogP) is 2.20. The van der Waals surface area contributed by atoms with E-state index in [4.69, 9.17) is 9.73 Å². The van der Waals surface area contributed by atoms with Gasteiger partial charge >= 0.3 is 0 Å². The molecule has 0 bridgehead atoms. The highest BCUT2D eigenvalue weighted by atomic mass is 16.5. The Kier molecular flexibility index (Phi) is 8.63. The molecule has 0 amide bonds. The molecule has 1 heterocycles. The Balaban J connectivity index is 1.72. The first-order valence-corrected chi connectivity index (χ1v) is 9.13. The maximum Gasteiger partial charge on any atom is 0.193 e. The number of hydrogen-bond acceptors (Lipinski definition) is 3. The molecule has 24 heavy (non-hydrogen) atoms. The highest BCUT2D eigenvalue weighted by Gasteiger charge is 2.09. The van der Waals surface area contributed by atoms with E-state index in [2.05, 4.69) is 59.4 Å². The lowest BCUT2D eigenvalue weighted by Gasteiger charge is -2.26. The first-order chi connectivity index (χ1) is 11.8. The quantitative estimate of drug-likeness (QED) is 0.450. The fourth-order valence-electron chi connectivity index (χ4n) is 2.86. The summed E-state index contributed by atoms with van der Waals surface area (Å²) in [6, 6.07) is 10.5. The van der Waals surface area contributed by atoms with E-state index in [9.17, 15) is 0 Å². The average Bonchev–Trinajstić information content (AvgIpc) is 2.62. The average molecular weight is 332 g/mol. The summed E-state index contributed by atoms with van der Waals surface area (Å²) in [4.78, 5) is 9.46. The second kappa shape index (κ2) is 11.0. The molecule has 1 fully saturated rings. The largest absolute Gasteiger partial charge is 0.379 e. The van der Waals surface area contributed by atoms with E-state index in [0.29, 0.717) is 0 Å². The molecule has 5 heteroatoms. The smallest absolute Gasteiger partial charge is 0.193 e. The summed E-state index contributed by atoms with van der Waals surface area (Å²) in [5.74, 6) is 0.993. The third kappa shape index (κ3) is 6.89. The summed E-state index contributed by atoms with van der Waals surface area (Å²) in [5, 5.41) is 3.39. The van der Waals surface area contributed by atoms with Gasteiger partial charge in [0.15, 0.2) is 5.96 Å². The number of rotatable bonds is 8. The van der Waals surface area contributed by atoms with Crippen LogP contribution in [0.1, 0.15) is 25.3 Å². The number of guanidine groups is 1. The molecule has 1 saturated heterocycles. The van der Waals surface area contributed by atoms with Gasteiger partial charge in [0, 0.05) is 39.8 Å². The van der Waals surface area contributed by atoms with Gasteiger partial charge in [0.05, 0.1) is 13.2 Å². The second-order valence-electron chi connectivity index (χ2n) is 6.24. The van der Waals surface area contributed by atoms with Crippen LogP contribution in [0.5, 0.6) is 0 Å². The number of benzene rings is 1. The fourth-order valence-corrected chi connectivity index (χ4v) is 2.86. The molecule has 0 unspecified atom stereocenters. The Morgan fingerprint density at radius 1 is 1.21 bits per heavy atom. The molecular weight excluding hydrogens is 300 g/mol. The molecule has 1 aromatic rings. The number of hydrogen-bond donors (Lipinski definition) is 1. The normalized spacial score (nSPS) is 16.2. The minimum Gasteiger partial charge on any atom is -0.379 e. The topological polar surface area (TPSA) is 40.1 Å². The lowest BCUT2D eigenvalue weighted by atomic mass is 10.2. The molecule has 134 valence electrons. The molecule has 1 aromatic carbocycles. The van der Waals surface area contributed by atoms with Crippen molar-refractivity contribution in [1.82, 2.24) is 15.1 Å². The van der Waals surface area contributed by atoms with E-state index >= 15 is 0 Å². The van der Waals surface area contributed by atoms with Crippen LogP contribution >= 0.6 is 0 Å². The molecule has 1 aliphatic heterocycles. The number of nitrogens with zero attached hydrogens (tertiary/aromatic N) is 3. The van der Waals surface area contributed by atoms with Crippen molar-refractivity contribution in [2.75, 3.05) is 53.0 Å². The Morgan fingerprint density at radius 2 is 1.96 bits per heavy atom. The first kappa shape index (κ1) is 18.7. The molecule has 5 nitrogen and oxygen atoms in total. The summed E-state index contributed by atoms with van der Waals surface area (Å²) in [7, 11) is 2.10. The van der Waals surface area contributed by atoms with Gasteiger partial charge in [-0.25, -0.2) is 0 Å². The Labute approximate surface area is 146 Å². The SMILES string of the molecule is CCNC(=NCCCCN1CCOCC1)N(C)Cc1ccccc1. The number of aliphatic imine (C=N–C) groups is 1. The summed E-state index contributed by atoms with van der Waals surface area (Å²) < 4.78 is 5.38. The van der Waals surface area contributed by atoms with Crippen LogP contribution in [0, 0.1) is 0 Å². The Bertz CT molecular complexity index is 472. The molecule has 1 N–H and O–H groups in total. The van der Waals surface area contributed by atoms with Crippen LogP contribution in [0.4, 0.5) is 0 Å². The van der Waals surface area contributed by atoms with Crippen molar-refractivity contribution >= 4 is 5.96 Å². The lowest BCUT2D eigenvalue weighted by Crippen LogP contribution is -2.38. The summed E-state index contributed by atoms with van der Waals surface area (Å²) in [6.07, 6.45) is 2.33. The third-order valence-electron chi connectivity index (χ3n) is 4.21. The summed E-state index contributed by atoms with van der Waals surface area (Å²) >= 11 is 0. The minimum atomic E-state index is 0.875. The molecule has 0 spiro atoms. The fraction of sp³-hybridized carbons (Fsp3) is 0.632. The van der Waals surface area contributed by atoms with Crippen molar-refractivity contribution in [2.24, 2.45) is 4.99 Å². The highest BCUT2D eigenvalue weighted by molar-refractivity contribution is 5.79. The van der Waals surface area contributed by atoms with Gasteiger partial charge in [-0.1, -0.05) is 30.3 Å². The first-order valence-electron chi connectivity index (χ1n) is 9.13. The van der Waals surface area contributed by atoms with Gasteiger partial charge < -0.3 is 15.0 Å². The van der Waals surface area contributed by atoms with Crippen LogP contribution in [-0.4, -0.2) is 68.7 Å². The lowest BCUT2D eigenvalue weighted by molar-refractivity contribution is 0.0373. The van der Waals surface area contributed by atoms with Gasteiger partial charge in [0.1, 0.15) is 0 Å². The third-order valence-corrected chi connectivity index (χ3v) is 4.21. The summed E-state index contributed by atoms with van der Waals surface area (Å²) in [6.45, 7) is 9.84. The predicted molar refractivity (Wildman–Crippen MR) is 100 cm³/mol. The van der Waals surface area contributed by atoms with Gasteiger partial charge in [-0.2, -0.15) is 0 Å². The molecule has 0 atom stereocenters. The van der Waals surface area contributed by atoms with E-state index in [1.807, 2.05) is 0 Å². The van der Waals surface area contributed by atoms with Gasteiger partial charge in [-0.05, 0) is 31.9 Å². The number of ether oxygens (including phenoxy) is 1. The number of nitrogens with one attached hydrogen (secondary N) is 1. The van der Waals surface area contributed by atoms with Crippen molar-refractivity contribution in [2.45, 2.75) is 26.3 Å². The second-order valence-corrected chi connectivity index (χ2v) is 6.24. The molecule has 1 aliphatic rings. The molecular formula is C19H32N4O. The van der Waals surface area contributed by atoms with Crippen LogP contribution in [0.3, 0.4) is 0 Å². The summed E-state index contributed by atoms with van der Waals surface area (Å²) in [5.41, 5.74) is 1.30. The standard InChI is InChI=1S/C19H32N4O/c1-3-20-19(22(2)17-18-9-5-4-6-10-18)21-11-7-8-12-23-13-15-24-16-14-23/h4-6,9-10H,3,7-8,11-17H2,1-2H3,(H,20,21). The van der Waals surface area contributed by atoms with E-state index in [1.54, 1.807) is 0 Å². The van der Waals surface area contributed by atoms with E-state index in [-0.39, 0.29) is 0 Å². The zero-order valence-electron chi connectivity index (χ0n) is 15.2. The van der Waals surface area contributed by atoms with Gasteiger partial charge in [0.25, 0.3) is 0 Å². The minimum absolute atomic E-state index is 0.875. The van der Waals surface area contributed by atoms with Crippen LogP contribution < -0.4 is 5.32 Å². The molecule has 0 radical (unpaired) electrons. The van der Waals surface area contributed by atoms with E-state index < -0.39 is 0 Å². The number of unbranched alkanes of at least 4 members (excludes halogenated alkanes) is 1. The van der Waals surface area contributed by atoms with Crippen molar-refractivity contribution in [1.29, 1.82) is 0 Å². The Hall–Kier alpha value is -1.59. The zero-order chi connectivity index (χ0) is 17.0. The maximum absolute atomic E-state index is 5.38. The van der Waals surface area contributed by atoms with Crippen molar-refractivity contribution in [3.8, 4) is 0 Å². The molecule has 0 aromatic heterocycles. The van der Waals surface area contributed by atoms with Crippen LogP contribution in [0.2, 0.25) is 0 Å². The van der Waals surface area contributed by atoms with Crippen LogP contribution in [-0.2, 0) is 11.3 Å². The maximum atomic E-state index is 5.38. The van der Waals surface area contributed by atoms with E-state index in [0.717, 1.165) is 64.9 Å². The van der Waals surface area contributed by atoms with Gasteiger partial charge in [-0.15, -0.1) is 0 Å². The monoisotopic (exact) mass is 332 g/mol. The molecule has 2 rings (SSSR count). The van der Waals surface area contributed by atoms with Gasteiger partial charge in [0.2, 0.25) is 0 Å². The van der Waals surface area contributed by atoms with Crippen molar-refractivity contribution in [3.05, 3.63) is 35.9 Å². The van der Waals surface area contributed by atoms with Crippen LogP contribution in [0.25, 0.3) is 0 Å². The van der Waals surface area contributed by atoms with E-state index in [1.165, 1.54) is 12.0 Å². The van der Waals surface area contributed by atoms with Gasteiger partial charge in [-0.3, -0.25) is 9.89 Å². The van der Waals surface area contributed by atoms with Crippen molar-refractivity contribution < 1.29 is 4.74 Å². The molecule has 0 saturated carbocycles. The number of morpholine rings is 1.